The number of carbonyl (C=O) groups is 1. The molecule has 0 unspecified atom stereocenters. The molecule has 0 aliphatic carbocycles. The van der Waals surface area contributed by atoms with Crippen molar-refractivity contribution < 1.29 is 22.7 Å². The number of amidine groups is 1. The van der Waals surface area contributed by atoms with Crippen LogP contribution in [0, 0.1) is 0 Å². The number of thioether (sulfide) groups is 1. The van der Waals surface area contributed by atoms with E-state index in [1.807, 2.05) is 18.2 Å². The average Bonchev–Trinajstić information content (AvgIpc) is 3.17. The molecular formula is C20H19ClN2O5S2. The molecule has 2 heterocycles. The number of halogens is 1. The number of carbonyl (C=O) groups excluding carboxylic acids is 1. The molecule has 2 saturated heterocycles. The monoisotopic (exact) mass is 466 g/mol. The molecule has 0 radical (unpaired) electrons. The summed E-state index contributed by atoms with van der Waals surface area (Å²) in [6.45, 7) is -0.209. The summed E-state index contributed by atoms with van der Waals surface area (Å²) in [6.07, 6.45) is 0. The minimum atomic E-state index is -3.15. The third kappa shape index (κ3) is 4.43. The molecule has 0 aromatic heterocycles. The minimum absolute atomic E-state index is 0.00202. The lowest BCUT2D eigenvalue weighted by molar-refractivity contribution is -0.119. The molecule has 2 atom stereocenters. The van der Waals surface area contributed by atoms with Gasteiger partial charge in [-0.25, -0.2) is 8.42 Å². The first-order chi connectivity index (χ1) is 14.4. The van der Waals surface area contributed by atoms with Gasteiger partial charge in [-0.15, -0.1) is 0 Å². The predicted octanol–water partition coefficient (Wildman–Crippen LogP) is 3.03. The van der Waals surface area contributed by atoms with Crippen LogP contribution < -0.4 is 14.4 Å². The van der Waals surface area contributed by atoms with Crippen molar-refractivity contribution in [2.75, 3.05) is 30.1 Å². The Balaban J connectivity index is 1.60. The fourth-order valence-corrected chi connectivity index (χ4v) is 7.66. The predicted molar refractivity (Wildman–Crippen MR) is 119 cm³/mol. The van der Waals surface area contributed by atoms with E-state index in [0.717, 1.165) is 0 Å². The van der Waals surface area contributed by atoms with E-state index in [2.05, 4.69) is 4.99 Å². The zero-order valence-corrected chi connectivity index (χ0v) is 18.4. The van der Waals surface area contributed by atoms with Crippen molar-refractivity contribution in [3.63, 3.8) is 0 Å². The van der Waals surface area contributed by atoms with Gasteiger partial charge in [-0.3, -0.25) is 4.79 Å². The number of nitrogens with zero attached hydrogens (tertiary/aromatic N) is 2. The summed E-state index contributed by atoms with van der Waals surface area (Å²) < 4.78 is 35.0. The molecule has 0 bridgehead atoms. The van der Waals surface area contributed by atoms with Gasteiger partial charge in [0.25, 0.3) is 5.91 Å². The Morgan fingerprint density at radius 2 is 2.00 bits per heavy atom. The molecule has 4 rings (SSSR count). The zero-order valence-electron chi connectivity index (χ0n) is 16.0. The molecule has 30 heavy (non-hydrogen) atoms. The summed E-state index contributed by atoms with van der Waals surface area (Å²) in [4.78, 5) is 18.5. The SMILES string of the molecule is COc1ccc(N2C(=NC(=O)COc3ccccc3)S[C@H]3CS(=O)(=O)C[C@H]32)cc1Cl. The van der Waals surface area contributed by atoms with Gasteiger partial charge < -0.3 is 14.4 Å². The number of hydrogen-bond acceptors (Lipinski definition) is 6. The van der Waals surface area contributed by atoms with Gasteiger partial charge in [-0.05, 0) is 30.3 Å². The zero-order chi connectivity index (χ0) is 21.3. The number of rotatable bonds is 5. The number of benzene rings is 2. The van der Waals surface area contributed by atoms with Crippen LogP contribution in [0.2, 0.25) is 5.02 Å². The van der Waals surface area contributed by atoms with Crippen LogP contribution in [0.3, 0.4) is 0 Å². The number of amides is 1. The topological polar surface area (TPSA) is 85.3 Å². The van der Waals surface area contributed by atoms with E-state index in [1.165, 1.54) is 18.9 Å². The maximum absolute atomic E-state index is 12.4. The maximum atomic E-state index is 12.4. The third-order valence-electron chi connectivity index (χ3n) is 4.81. The molecule has 2 fully saturated rings. The van der Waals surface area contributed by atoms with Crippen molar-refractivity contribution >= 4 is 50.0 Å². The van der Waals surface area contributed by atoms with Crippen molar-refractivity contribution in [3.8, 4) is 11.5 Å². The molecule has 2 aliphatic rings. The van der Waals surface area contributed by atoms with Crippen LogP contribution in [0.15, 0.2) is 53.5 Å². The average molecular weight is 467 g/mol. The Labute approximate surface area is 183 Å². The molecule has 10 heteroatoms. The molecule has 0 spiro atoms. The minimum Gasteiger partial charge on any atom is -0.495 e. The van der Waals surface area contributed by atoms with Gasteiger partial charge in [0.1, 0.15) is 11.5 Å². The quantitative estimate of drug-likeness (QED) is 0.669. The highest BCUT2D eigenvalue weighted by molar-refractivity contribution is 8.16. The summed E-state index contributed by atoms with van der Waals surface area (Å²) in [5.74, 6) is 0.688. The standard InChI is InChI=1S/C20H19ClN2O5S2/c1-27-17-8-7-13(9-15(17)21)23-16-11-30(25,26)12-18(16)29-20(23)22-19(24)10-28-14-5-3-2-4-6-14/h2-9,16,18H,10-12H2,1H3/t16-,18+/m1/s1. The van der Waals surface area contributed by atoms with Crippen LogP contribution in [-0.2, 0) is 14.6 Å². The number of ether oxygens (including phenoxy) is 2. The smallest absolute Gasteiger partial charge is 0.285 e. The third-order valence-corrected chi connectivity index (χ3v) is 8.31. The summed E-state index contributed by atoms with van der Waals surface area (Å²) in [6, 6.07) is 13.9. The number of hydrogen-bond donors (Lipinski definition) is 0. The second-order valence-corrected chi connectivity index (χ2v) is 10.6. The molecular weight excluding hydrogens is 448 g/mol. The van der Waals surface area contributed by atoms with E-state index < -0.39 is 15.7 Å². The van der Waals surface area contributed by atoms with Gasteiger partial charge in [0, 0.05) is 10.9 Å². The molecule has 2 aromatic rings. The Morgan fingerprint density at radius 3 is 2.70 bits per heavy atom. The van der Waals surface area contributed by atoms with Crippen molar-refractivity contribution in [3.05, 3.63) is 53.6 Å². The van der Waals surface area contributed by atoms with Gasteiger partial charge in [0.2, 0.25) is 0 Å². The summed E-state index contributed by atoms with van der Waals surface area (Å²) in [7, 11) is -1.63. The van der Waals surface area contributed by atoms with Gasteiger partial charge in [0.15, 0.2) is 21.6 Å². The summed E-state index contributed by atoms with van der Waals surface area (Å²) >= 11 is 7.57. The fraction of sp³-hybridized carbons (Fsp3) is 0.300. The first-order valence-electron chi connectivity index (χ1n) is 9.15. The van der Waals surface area contributed by atoms with E-state index >= 15 is 0 Å². The first-order valence-corrected chi connectivity index (χ1v) is 12.2. The van der Waals surface area contributed by atoms with Gasteiger partial charge >= 0.3 is 0 Å². The Kier molecular flexibility index (Phi) is 5.95. The molecule has 2 aliphatic heterocycles. The van der Waals surface area contributed by atoms with E-state index in [9.17, 15) is 13.2 Å². The number of para-hydroxylation sites is 1. The molecule has 0 saturated carbocycles. The Bertz CT molecular complexity index is 1090. The second kappa shape index (κ2) is 8.49. The molecule has 1 amide bonds. The molecule has 7 nitrogen and oxygen atoms in total. The number of aliphatic imine (C=N–C) groups is 1. The largest absolute Gasteiger partial charge is 0.495 e. The second-order valence-electron chi connectivity index (χ2n) is 6.88. The Morgan fingerprint density at radius 1 is 1.23 bits per heavy atom. The summed E-state index contributed by atoms with van der Waals surface area (Å²) in [5.41, 5.74) is 0.661. The van der Waals surface area contributed by atoms with Crippen LogP contribution in [0.25, 0.3) is 0 Å². The van der Waals surface area contributed by atoms with Crippen LogP contribution in [0.4, 0.5) is 5.69 Å². The van der Waals surface area contributed by atoms with Crippen molar-refractivity contribution in [2.24, 2.45) is 4.99 Å². The van der Waals surface area contributed by atoms with E-state index in [-0.39, 0.29) is 29.4 Å². The molecule has 0 N–H and O–H groups in total. The normalized spacial score (nSPS) is 23.4. The highest BCUT2D eigenvalue weighted by Crippen LogP contribution is 2.42. The van der Waals surface area contributed by atoms with Crippen molar-refractivity contribution in [2.45, 2.75) is 11.3 Å². The Hall–Kier alpha value is -2.23. The summed E-state index contributed by atoms with van der Waals surface area (Å²) in [5, 5.41) is 0.641. The van der Waals surface area contributed by atoms with Crippen LogP contribution >= 0.6 is 23.4 Å². The van der Waals surface area contributed by atoms with Gasteiger partial charge in [0.05, 0.1) is 29.7 Å². The number of fused-ring (bicyclic) bond motifs is 1. The molecule has 158 valence electrons. The number of anilines is 1. The van der Waals surface area contributed by atoms with Crippen LogP contribution in [0.1, 0.15) is 0 Å². The highest BCUT2D eigenvalue weighted by Gasteiger charge is 2.49. The molecule has 2 aromatic carbocycles. The lowest BCUT2D eigenvalue weighted by Gasteiger charge is -2.25. The van der Waals surface area contributed by atoms with Crippen LogP contribution in [0.5, 0.6) is 11.5 Å². The number of sulfone groups is 1. The van der Waals surface area contributed by atoms with Crippen LogP contribution in [-0.4, -0.2) is 56.0 Å². The first kappa shape index (κ1) is 21.0. The lowest BCUT2D eigenvalue weighted by atomic mass is 10.2. The van der Waals surface area contributed by atoms with Crippen molar-refractivity contribution in [1.82, 2.24) is 0 Å². The van der Waals surface area contributed by atoms with E-state index in [4.69, 9.17) is 21.1 Å². The lowest BCUT2D eigenvalue weighted by Crippen LogP contribution is -2.37. The highest BCUT2D eigenvalue weighted by atomic mass is 35.5. The fourth-order valence-electron chi connectivity index (χ4n) is 3.47. The maximum Gasteiger partial charge on any atom is 0.285 e. The van der Waals surface area contributed by atoms with Gasteiger partial charge in [-0.1, -0.05) is 41.6 Å². The van der Waals surface area contributed by atoms with E-state index in [1.54, 1.807) is 35.2 Å². The number of methoxy groups -OCH3 is 1. The van der Waals surface area contributed by atoms with E-state index in [0.29, 0.717) is 27.4 Å². The van der Waals surface area contributed by atoms with Crippen molar-refractivity contribution in [1.29, 1.82) is 0 Å². The van der Waals surface area contributed by atoms with Gasteiger partial charge in [-0.2, -0.15) is 4.99 Å².